The number of rotatable bonds is 4. The van der Waals surface area contributed by atoms with Gasteiger partial charge in [-0.15, -0.1) is 0 Å². The minimum atomic E-state index is -0.119. The summed E-state index contributed by atoms with van der Waals surface area (Å²) in [5.41, 5.74) is 3.19. The molecule has 1 aliphatic carbocycles. The molecule has 2 aromatic rings. The van der Waals surface area contributed by atoms with Gasteiger partial charge in [-0.05, 0) is 29.7 Å². The van der Waals surface area contributed by atoms with Crippen LogP contribution in [0.3, 0.4) is 0 Å². The molecule has 1 unspecified atom stereocenters. The zero-order valence-electron chi connectivity index (χ0n) is 11.4. The van der Waals surface area contributed by atoms with Crippen LogP contribution >= 0.6 is 0 Å². The van der Waals surface area contributed by atoms with Crippen molar-refractivity contribution in [2.75, 3.05) is 18.9 Å². The monoisotopic (exact) mass is 267 g/mol. The van der Waals surface area contributed by atoms with Crippen LogP contribution in [0.2, 0.25) is 0 Å². The van der Waals surface area contributed by atoms with Gasteiger partial charge in [-0.25, -0.2) is 4.98 Å². The molecule has 0 fully saturated rings. The van der Waals surface area contributed by atoms with Crippen LogP contribution in [0, 0.1) is 0 Å². The van der Waals surface area contributed by atoms with Crippen LogP contribution in [0.5, 0.6) is 0 Å². The molecule has 3 rings (SSSR count). The topological polar surface area (TPSA) is 54.0 Å². The first-order valence-corrected chi connectivity index (χ1v) is 6.78. The van der Waals surface area contributed by atoms with Crippen molar-refractivity contribution in [3.05, 3.63) is 59.3 Å². The molecule has 1 aromatic heterocycles. The van der Waals surface area contributed by atoms with Gasteiger partial charge < -0.3 is 10.6 Å². The highest BCUT2D eigenvalue weighted by molar-refractivity contribution is 5.92. The first-order chi connectivity index (χ1) is 9.78. The van der Waals surface area contributed by atoms with E-state index in [2.05, 4.69) is 33.8 Å². The maximum Gasteiger partial charge on any atom is 0.269 e. The molecule has 1 heterocycles. The zero-order valence-corrected chi connectivity index (χ0v) is 11.4. The van der Waals surface area contributed by atoms with Crippen molar-refractivity contribution in [1.82, 2.24) is 10.3 Å². The molecule has 0 bridgehead atoms. The summed E-state index contributed by atoms with van der Waals surface area (Å²) in [7, 11) is 1.79. The van der Waals surface area contributed by atoms with E-state index >= 15 is 0 Å². The van der Waals surface area contributed by atoms with Gasteiger partial charge in [-0.1, -0.05) is 30.3 Å². The molecule has 20 heavy (non-hydrogen) atoms. The van der Waals surface area contributed by atoms with Gasteiger partial charge in [-0.3, -0.25) is 4.79 Å². The molecule has 0 saturated carbocycles. The average molecular weight is 267 g/mol. The number of pyridine rings is 1. The summed E-state index contributed by atoms with van der Waals surface area (Å²) in [5.74, 6) is 1.01. The predicted octanol–water partition coefficient (Wildman–Crippen LogP) is 2.19. The molecule has 0 spiro atoms. The fourth-order valence-electron chi connectivity index (χ4n) is 2.55. The van der Waals surface area contributed by atoms with Gasteiger partial charge in [0, 0.05) is 19.5 Å². The number of aromatic nitrogens is 1. The third-order valence-corrected chi connectivity index (χ3v) is 3.71. The van der Waals surface area contributed by atoms with Crippen molar-refractivity contribution >= 4 is 11.7 Å². The summed E-state index contributed by atoms with van der Waals surface area (Å²) in [4.78, 5) is 16.3. The summed E-state index contributed by atoms with van der Waals surface area (Å²) in [6.07, 6.45) is 1.04. The fraction of sp³-hybridized carbons (Fsp3) is 0.250. The highest BCUT2D eigenvalue weighted by atomic mass is 16.1. The van der Waals surface area contributed by atoms with Gasteiger partial charge in [0.25, 0.3) is 5.91 Å². The molecule has 1 atom stereocenters. The van der Waals surface area contributed by atoms with Gasteiger partial charge in [0.15, 0.2) is 0 Å². The van der Waals surface area contributed by atoms with E-state index in [1.165, 1.54) is 11.1 Å². The van der Waals surface area contributed by atoms with Crippen molar-refractivity contribution in [2.24, 2.45) is 0 Å². The van der Waals surface area contributed by atoms with Crippen LogP contribution in [0.15, 0.2) is 42.5 Å². The summed E-state index contributed by atoms with van der Waals surface area (Å²) >= 11 is 0. The molecule has 1 aliphatic rings. The molecule has 102 valence electrons. The Morgan fingerprint density at radius 2 is 2.10 bits per heavy atom. The largest absolute Gasteiger partial charge is 0.373 e. The van der Waals surface area contributed by atoms with E-state index < -0.39 is 0 Å². The molecule has 0 saturated heterocycles. The second-order valence-electron chi connectivity index (χ2n) is 4.97. The molecule has 1 aromatic carbocycles. The lowest BCUT2D eigenvalue weighted by Gasteiger charge is -2.30. The van der Waals surface area contributed by atoms with E-state index in [-0.39, 0.29) is 5.91 Å². The van der Waals surface area contributed by atoms with Gasteiger partial charge in [0.1, 0.15) is 11.5 Å². The van der Waals surface area contributed by atoms with Crippen molar-refractivity contribution < 1.29 is 4.79 Å². The Hall–Kier alpha value is -2.36. The number of carbonyl (C=O) groups is 1. The van der Waals surface area contributed by atoms with Gasteiger partial charge in [-0.2, -0.15) is 0 Å². The number of benzene rings is 1. The molecule has 2 N–H and O–H groups in total. The number of carbonyl (C=O) groups excluding carboxylic acids is 1. The lowest BCUT2D eigenvalue weighted by Crippen LogP contribution is -2.33. The van der Waals surface area contributed by atoms with Gasteiger partial charge in [0.2, 0.25) is 0 Å². The van der Waals surface area contributed by atoms with E-state index in [4.69, 9.17) is 0 Å². The number of hydrogen-bond donors (Lipinski definition) is 2. The third-order valence-electron chi connectivity index (χ3n) is 3.71. The zero-order chi connectivity index (χ0) is 13.9. The molecule has 4 heteroatoms. The Kier molecular flexibility index (Phi) is 3.37. The van der Waals surface area contributed by atoms with Gasteiger partial charge >= 0.3 is 0 Å². The third kappa shape index (κ3) is 2.37. The standard InChI is InChI=1S/C16H17N3O/c1-17-15-8-4-7-14(19-15)16(20)18-10-12-9-11-5-2-3-6-13(11)12/h2-8,12H,9-10H2,1H3,(H,17,19)(H,18,20). The van der Waals surface area contributed by atoms with Crippen molar-refractivity contribution in [2.45, 2.75) is 12.3 Å². The normalized spacial score (nSPS) is 15.9. The Bertz CT molecular complexity index is 639. The molecular weight excluding hydrogens is 250 g/mol. The van der Waals surface area contributed by atoms with Crippen LogP contribution in [0.4, 0.5) is 5.82 Å². The maximum atomic E-state index is 12.1. The van der Waals surface area contributed by atoms with Crippen molar-refractivity contribution in [1.29, 1.82) is 0 Å². The van der Waals surface area contributed by atoms with Crippen molar-refractivity contribution in [3.8, 4) is 0 Å². The lowest BCUT2D eigenvalue weighted by atomic mass is 9.77. The lowest BCUT2D eigenvalue weighted by molar-refractivity contribution is 0.0945. The van der Waals surface area contributed by atoms with Crippen LogP contribution in [-0.2, 0) is 6.42 Å². The smallest absolute Gasteiger partial charge is 0.269 e. The number of amides is 1. The minimum absolute atomic E-state index is 0.119. The highest BCUT2D eigenvalue weighted by Gasteiger charge is 2.25. The second-order valence-corrected chi connectivity index (χ2v) is 4.97. The first-order valence-electron chi connectivity index (χ1n) is 6.78. The second kappa shape index (κ2) is 5.33. The van der Waals surface area contributed by atoms with E-state index in [1.807, 2.05) is 18.2 Å². The van der Waals surface area contributed by atoms with Gasteiger partial charge in [0.05, 0.1) is 0 Å². The van der Waals surface area contributed by atoms with Crippen LogP contribution in [0.1, 0.15) is 27.5 Å². The number of fused-ring (bicyclic) bond motifs is 1. The Morgan fingerprint density at radius 1 is 1.25 bits per heavy atom. The number of nitrogens with one attached hydrogen (secondary N) is 2. The van der Waals surface area contributed by atoms with E-state index in [1.54, 1.807) is 13.1 Å². The first kappa shape index (κ1) is 12.7. The molecule has 4 nitrogen and oxygen atoms in total. The Labute approximate surface area is 118 Å². The van der Waals surface area contributed by atoms with E-state index in [0.717, 1.165) is 6.42 Å². The highest BCUT2D eigenvalue weighted by Crippen LogP contribution is 2.33. The maximum absolute atomic E-state index is 12.1. The molecule has 0 radical (unpaired) electrons. The van der Waals surface area contributed by atoms with Crippen LogP contribution < -0.4 is 10.6 Å². The Balaban J connectivity index is 1.61. The molecule has 1 amide bonds. The van der Waals surface area contributed by atoms with Crippen LogP contribution in [-0.4, -0.2) is 24.5 Å². The SMILES string of the molecule is CNc1cccc(C(=O)NCC2Cc3ccccc32)n1. The number of anilines is 1. The summed E-state index contributed by atoms with van der Waals surface area (Å²) in [5, 5.41) is 5.90. The van der Waals surface area contributed by atoms with E-state index in [9.17, 15) is 4.79 Å². The molecule has 0 aliphatic heterocycles. The van der Waals surface area contributed by atoms with Crippen molar-refractivity contribution in [3.63, 3.8) is 0 Å². The quantitative estimate of drug-likeness (QED) is 0.893. The van der Waals surface area contributed by atoms with Crippen LogP contribution in [0.25, 0.3) is 0 Å². The number of hydrogen-bond acceptors (Lipinski definition) is 3. The Morgan fingerprint density at radius 3 is 2.90 bits per heavy atom. The number of nitrogens with zero attached hydrogens (tertiary/aromatic N) is 1. The summed E-state index contributed by atoms with van der Waals surface area (Å²) in [6, 6.07) is 13.8. The fourth-order valence-corrected chi connectivity index (χ4v) is 2.55. The van der Waals surface area contributed by atoms with E-state index in [0.29, 0.717) is 24.0 Å². The minimum Gasteiger partial charge on any atom is -0.373 e. The molecular formula is C16H17N3O. The summed E-state index contributed by atoms with van der Waals surface area (Å²) in [6.45, 7) is 0.668. The average Bonchev–Trinajstić information content (AvgIpc) is 2.48. The predicted molar refractivity (Wildman–Crippen MR) is 79.0 cm³/mol. The summed E-state index contributed by atoms with van der Waals surface area (Å²) < 4.78 is 0.